The van der Waals surface area contributed by atoms with Gasteiger partial charge in [-0.05, 0) is 80.7 Å². The molecule has 16 heteroatoms. The third-order valence-electron chi connectivity index (χ3n) is 15.7. The molecular weight excluding hydrogens is 891 g/mol. The summed E-state index contributed by atoms with van der Waals surface area (Å²) < 4.78 is 52.0. The molecule has 2 saturated carbocycles. The van der Waals surface area contributed by atoms with E-state index < -0.39 is 126 Å². The molecular formula is C52H71NO14Si. The molecule has 0 aromatic heterocycles. The van der Waals surface area contributed by atoms with Gasteiger partial charge >= 0.3 is 24.0 Å². The second kappa shape index (κ2) is 18.1. The van der Waals surface area contributed by atoms with Crippen molar-refractivity contribution in [1.29, 1.82) is 0 Å². The first-order valence-electron chi connectivity index (χ1n) is 23.6. The van der Waals surface area contributed by atoms with Gasteiger partial charge in [0, 0.05) is 30.6 Å². The lowest BCUT2D eigenvalue weighted by Crippen LogP contribution is -2.82. The molecule has 372 valence electrons. The van der Waals surface area contributed by atoms with Gasteiger partial charge in [0.2, 0.25) is 0 Å². The summed E-state index contributed by atoms with van der Waals surface area (Å²) in [7, 11) is -2.87. The molecule has 0 spiro atoms. The smallest absolute Gasteiger partial charge is 0.408 e. The minimum atomic E-state index is -2.87. The van der Waals surface area contributed by atoms with Gasteiger partial charge in [-0.3, -0.25) is 4.79 Å². The average Bonchev–Trinajstić information content (AvgIpc) is 3.67. The maximum Gasteiger partial charge on any atom is 0.408 e. The molecule has 1 unspecified atom stereocenters. The van der Waals surface area contributed by atoms with Crippen LogP contribution in [-0.4, -0.2) is 115 Å². The minimum Gasteiger partial charge on any atom is -0.456 e. The van der Waals surface area contributed by atoms with E-state index in [0.717, 1.165) is 0 Å². The number of hydrogen-bond acceptors (Lipinski definition) is 14. The number of amides is 1. The number of hydrogen-bond donors (Lipinski definition) is 3. The molecule has 2 aliphatic heterocycles. The maximum absolute atomic E-state index is 15.5. The van der Waals surface area contributed by atoms with Crippen LogP contribution in [0.3, 0.4) is 0 Å². The highest BCUT2D eigenvalue weighted by Crippen LogP contribution is 2.67. The van der Waals surface area contributed by atoms with E-state index in [1.807, 2.05) is 53.8 Å². The van der Waals surface area contributed by atoms with Crippen molar-refractivity contribution in [2.75, 3.05) is 6.61 Å². The van der Waals surface area contributed by atoms with Crippen molar-refractivity contribution in [3.05, 3.63) is 95.6 Å². The molecule has 3 N–H and O–H groups in total. The summed E-state index contributed by atoms with van der Waals surface area (Å²) in [5.41, 5.74) is -5.65. The Bertz CT molecular complexity index is 2290. The van der Waals surface area contributed by atoms with Crippen molar-refractivity contribution in [3.8, 4) is 0 Å². The number of alkyl carbamates (subject to hydrolysis) is 1. The molecule has 1 amide bonds. The van der Waals surface area contributed by atoms with E-state index in [0.29, 0.717) is 16.7 Å². The number of aliphatic hydroxyl groups excluding tert-OH is 1. The summed E-state index contributed by atoms with van der Waals surface area (Å²) >= 11 is 0. The van der Waals surface area contributed by atoms with E-state index in [1.165, 1.54) is 13.0 Å². The van der Waals surface area contributed by atoms with Crippen molar-refractivity contribution >= 4 is 32.3 Å². The van der Waals surface area contributed by atoms with Crippen molar-refractivity contribution in [3.63, 3.8) is 0 Å². The minimum absolute atomic E-state index is 0.0284. The number of nitrogens with one attached hydrogen (secondary N) is 1. The summed E-state index contributed by atoms with van der Waals surface area (Å²) in [5.74, 6) is -3.48. The molecule has 68 heavy (non-hydrogen) atoms. The first-order chi connectivity index (χ1) is 31.5. The molecule has 3 aliphatic carbocycles. The monoisotopic (exact) mass is 961 g/mol. The zero-order chi connectivity index (χ0) is 50.2. The van der Waals surface area contributed by atoms with Crippen molar-refractivity contribution in [1.82, 2.24) is 5.32 Å². The molecule has 7 rings (SSSR count). The second-order valence-electron chi connectivity index (χ2n) is 22.5. The number of carbonyl (C=O) groups excluding carboxylic acids is 4. The lowest BCUT2D eigenvalue weighted by atomic mass is 9.44. The lowest BCUT2D eigenvalue weighted by Gasteiger charge is -2.68. The largest absolute Gasteiger partial charge is 0.456 e. The number of fused-ring (bicyclic) bond motifs is 8. The molecule has 2 aromatic carbocycles. The van der Waals surface area contributed by atoms with E-state index in [4.69, 9.17) is 37.6 Å². The summed E-state index contributed by atoms with van der Waals surface area (Å²) in [6.07, 6.45) is -8.98. The van der Waals surface area contributed by atoms with Crippen LogP contribution in [0.2, 0.25) is 18.1 Å². The second-order valence-corrected chi connectivity index (χ2v) is 27.2. The lowest BCUT2D eigenvalue weighted by molar-refractivity contribution is -0.361. The SMILES string of the molecule is C=CC1O[C@@H]2C3=C(C)[C@@H](OC(=O)[C@H](O[Si](C)(C)C(C)(C)C)[C@@H](NC(=O)OC(C)(C)C)c4ccccc4)C[C@@](O)([C@@H](OC(=O)c4ccccc4)[C@@H]4[C@]5(OC(C)=O)CO[C@@H]5C[C@H](O)[C@@]4(C)[C@@H]2O1)C3(C)C. The van der Waals surface area contributed by atoms with E-state index in [2.05, 4.69) is 11.9 Å². The van der Waals surface area contributed by atoms with Crippen LogP contribution in [-0.2, 0) is 47.2 Å². The van der Waals surface area contributed by atoms with Gasteiger partial charge in [0.15, 0.2) is 26.3 Å². The fourth-order valence-corrected chi connectivity index (χ4v) is 12.3. The zero-order valence-electron chi connectivity index (χ0n) is 41.7. The molecule has 5 aliphatic rings. The average molecular weight is 962 g/mol. The van der Waals surface area contributed by atoms with Crippen LogP contribution >= 0.6 is 0 Å². The van der Waals surface area contributed by atoms with E-state index >= 15 is 4.79 Å². The molecule has 4 fully saturated rings. The first-order valence-corrected chi connectivity index (χ1v) is 26.5. The highest BCUT2D eigenvalue weighted by atomic mass is 28.4. The topological polar surface area (TPSA) is 195 Å². The molecule has 2 aromatic rings. The molecule has 13 atom stereocenters. The Hall–Kier alpha value is -4.42. The summed E-state index contributed by atoms with van der Waals surface area (Å²) in [6.45, 7) is 27.6. The molecule has 2 bridgehead atoms. The third-order valence-corrected chi connectivity index (χ3v) is 20.2. The highest BCUT2D eigenvalue weighted by molar-refractivity contribution is 6.74. The maximum atomic E-state index is 15.5. The Labute approximate surface area is 401 Å². The Morgan fingerprint density at radius 1 is 0.941 bits per heavy atom. The number of rotatable bonds is 11. The molecule has 2 saturated heterocycles. The van der Waals surface area contributed by atoms with Gasteiger partial charge in [0.1, 0.15) is 35.6 Å². The summed E-state index contributed by atoms with van der Waals surface area (Å²) in [5, 5.41) is 29.1. The Balaban J connectivity index is 1.44. The van der Waals surface area contributed by atoms with Crippen LogP contribution in [0, 0.1) is 16.7 Å². The quantitative estimate of drug-likeness (QED) is 0.0860. The molecule has 15 nitrogen and oxygen atoms in total. The van der Waals surface area contributed by atoms with E-state index in [-0.39, 0.29) is 25.0 Å². The van der Waals surface area contributed by atoms with Gasteiger partial charge in [-0.2, -0.15) is 0 Å². The van der Waals surface area contributed by atoms with Crippen LogP contribution < -0.4 is 5.32 Å². The summed E-state index contributed by atoms with van der Waals surface area (Å²) in [4.78, 5) is 57.0. The van der Waals surface area contributed by atoms with Gasteiger partial charge in [-0.25, -0.2) is 14.4 Å². The van der Waals surface area contributed by atoms with Gasteiger partial charge in [0.05, 0.1) is 36.3 Å². The van der Waals surface area contributed by atoms with Crippen LogP contribution in [0.15, 0.2) is 84.5 Å². The predicted molar refractivity (Wildman–Crippen MR) is 252 cm³/mol. The zero-order valence-corrected chi connectivity index (χ0v) is 42.7. The summed E-state index contributed by atoms with van der Waals surface area (Å²) in [6, 6.07) is 16.1. The third kappa shape index (κ3) is 8.87. The number of esters is 3. The Morgan fingerprint density at radius 3 is 2.10 bits per heavy atom. The van der Waals surface area contributed by atoms with Gasteiger partial charge in [-0.15, -0.1) is 0 Å². The number of ether oxygens (including phenoxy) is 7. The van der Waals surface area contributed by atoms with E-state index in [9.17, 15) is 24.6 Å². The van der Waals surface area contributed by atoms with Crippen LogP contribution in [0.1, 0.15) is 111 Å². The Kier molecular flexibility index (Phi) is 13.7. The van der Waals surface area contributed by atoms with Crippen molar-refractivity contribution in [2.24, 2.45) is 16.7 Å². The number of carbonyl (C=O) groups is 4. The van der Waals surface area contributed by atoms with Gasteiger partial charge in [-0.1, -0.05) is 96.7 Å². The van der Waals surface area contributed by atoms with E-state index in [1.54, 1.807) is 89.2 Å². The normalized spacial score (nSPS) is 33.9. The van der Waals surface area contributed by atoms with Crippen LogP contribution in [0.5, 0.6) is 0 Å². The standard InChI is InChI=1S/C52H71NO14Si/c1-15-36-62-39-37-29(2)33(61-45(57)40(67-68(13,14)48(7,8)9)38(31-22-18-16-19-23-31)53-46(58)66-47(4,5)6)27-52(59,49(37,10)11)43(64-44(56)32-24-20-17-21-25-32)41-50(12,42(39)63-36)34(55)26-35-51(41,28-60-35)65-30(3)54/h15-25,33-36,38-43,55,59H,1,26-28H2,2-14H3,(H,53,58)/t33-,34-,35+,36?,38-,39+,40+,41-,42+,43-,50+,51-,52+/m0/s1. The van der Waals surface area contributed by atoms with Crippen LogP contribution in [0.25, 0.3) is 0 Å². The molecule has 2 heterocycles. The number of benzene rings is 2. The first kappa shape index (κ1) is 51.4. The number of aliphatic hydroxyl groups is 2. The highest BCUT2D eigenvalue weighted by Gasteiger charge is 2.79. The van der Waals surface area contributed by atoms with Gasteiger partial charge < -0.3 is 53.1 Å². The van der Waals surface area contributed by atoms with Crippen molar-refractivity contribution in [2.45, 2.75) is 179 Å². The Morgan fingerprint density at radius 2 is 1.56 bits per heavy atom. The fourth-order valence-electron chi connectivity index (χ4n) is 11.1. The van der Waals surface area contributed by atoms with Crippen LogP contribution in [0.4, 0.5) is 4.79 Å². The fraction of sp³-hybridized carbons (Fsp3) is 0.615. The predicted octanol–water partition coefficient (Wildman–Crippen LogP) is 7.66. The molecule has 0 radical (unpaired) electrons. The van der Waals surface area contributed by atoms with Crippen molar-refractivity contribution < 1.29 is 67.0 Å². The van der Waals surface area contributed by atoms with Gasteiger partial charge in [0.25, 0.3) is 0 Å².